The van der Waals surface area contributed by atoms with Gasteiger partial charge in [0.1, 0.15) is 10.8 Å². The lowest BCUT2D eigenvalue weighted by molar-refractivity contribution is 0.0947. The molecular weight excluding hydrogens is 317 g/mol. The van der Waals surface area contributed by atoms with Gasteiger partial charge in [-0.05, 0) is 17.5 Å². The fourth-order valence-corrected chi connectivity index (χ4v) is 2.60. The Labute approximate surface area is 130 Å². The van der Waals surface area contributed by atoms with E-state index in [4.69, 9.17) is 28.9 Å². The van der Waals surface area contributed by atoms with E-state index in [0.717, 1.165) is 10.4 Å². The van der Waals surface area contributed by atoms with Crippen molar-refractivity contribution in [2.24, 2.45) is 5.73 Å². The predicted molar refractivity (Wildman–Crippen MR) is 82.2 cm³/mol. The largest absolute Gasteiger partial charge is 0.346 e. The molecule has 0 spiro atoms. The Kier molecular flexibility index (Phi) is 5.10. The molecule has 1 amide bonds. The summed E-state index contributed by atoms with van der Waals surface area (Å²) in [4.78, 5) is 15.6. The number of halogens is 2. The van der Waals surface area contributed by atoms with Crippen molar-refractivity contribution in [3.8, 4) is 11.8 Å². The maximum Gasteiger partial charge on any atom is 0.268 e. The molecule has 2 aromatic rings. The lowest BCUT2D eigenvalue weighted by Crippen LogP contribution is -2.22. The zero-order valence-corrected chi connectivity index (χ0v) is 12.6. The molecule has 0 saturated carbocycles. The van der Waals surface area contributed by atoms with E-state index in [0.29, 0.717) is 23.8 Å². The standard InChI is InChI=1S/C13H11Cl2N3OS/c14-9-6-10(18-12(9)15)13(19)17-7-11-8(2-1-4-16)3-5-20-11/h3,5-6,18H,4,7,16H2,(H,17,19). The summed E-state index contributed by atoms with van der Waals surface area (Å²) in [5.41, 5.74) is 6.54. The summed E-state index contributed by atoms with van der Waals surface area (Å²) in [5.74, 6) is 5.48. The zero-order valence-electron chi connectivity index (χ0n) is 10.3. The van der Waals surface area contributed by atoms with E-state index in [1.165, 1.54) is 17.4 Å². The van der Waals surface area contributed by atoms with Crippen LogP contribution in [0.15, 0.2) is 17.5 Å². The van der Waals surface area contributed by atoms with Crippen molar-refractivity contribution in [1.82, 2.24) is 10.3 Å². The first-order valence-electron chi connectivity index (χ1n) is 5.69. The maximum absolute atomic E-state index is 11.9. The molecule has 0 aliphatic rings. The number of nitrogens with two attached hydrogens (primary N) is 1. The Morgan fingerprint density at radius 3 is 2.95 bits per heavy atom. The number of amides is 1. The molecule has 0 fully saturated rings. The van der Waals surface area contributed by atoms with Crippen LogP contribution in [-0.2, 0) is 6.54 Å². The summed E-state index contributed by atoms with van der Waals surface area (Å²) in [6.07, 6.45) is 0. The van der Waals surface area contributed by atoms with Gasteiger partial charge in [-0.1, -0.05) is 35.0 Å². The SMILES string of the molecule is NCC#Cc1ccsc1CNC(=O)c1cc(Cl)c(Cl)[nH]1. The molecule has 20 heavy (non-hydrogen) atoms. The number of rotatable bonds is 3. The van der Waals surface area contributed by atoms with Crippen LogP contribution in [0.2, 0.25) is 10.2 Å². The number of aromatic nitrogens is 1. The second-order valence-corrected chi connectivity index (χ2v) is 5.58. The molecule has 7 heteroatoms. The highest BCUT2D eigenvalue weighted by Gasteiger charge is 2.12. The average Bonchev–Trinajstić information content (AvgIpc) is 3.01. The Bertz CT molecular complexity index is 662. The number of H-pyrrole nitrogens is 1. The average molecular weight is 328 g/mol. The molecule has 4 N–H and O–H groups in total. The van der Waals surface area contributed by atoms with Crippen molar-refractivity contribution in [2.75, 3.05) is 6.54 Å². The zero-order chi connectivity index (χ0) is 14.5. The molecule has 0 aromatic carbocycles. The van der Waals surface area contributed by atoms with Crippen LogP contribution in [0.4, 0.5) is 0 Å². The first kappa shape index (κ1) is 14.9. The molecule has 4 nitrogen and oxygen atoms in total. The molecule has 2 rings (SSSR count). The molecule has 104 valence electrons. The minimum absolute atomic E-state index is 0.252. The van der Waals surface area contributed by atoms with E-state index in [-0.39, 0.29) is 11.1 Å². The van der Waals surface area contributed by atoms with Gasteiger partial charge in [-0.2, -0.15) is 0 Å². The highest BCUT2D eigenvalue weighted by Crippen LogP contribution is 2.22. The maximum atomic E-state index is 11.9. The Morgan fingerprint density at radius 2 is 2.30 bits per heavy atom. The van der Waals surface area contributed by atoms with Crippen LogP contribution in [0, 0.1) is 11.8 Å². The molecule has 2 heterocycles. The van der Waals surface area contributed by atoms with Gasteiger partial charge in [0.2, 0.25) is 0 Å². The predicted octanol–water partition coefficient (Wildman–Crippen LogP) is 2.62. The normalized spacial score (nSPS) is 9.95. The second-order valence-electron chi connectivity index (χ2n) is 3.79. The number of hydrogen-bond donors (Lipinski definition) is 3. The van der Waals surface area contributed by atoms with Crippen LogP contribution in [0.5, 0.6) is 0 Å². The van der Waals surface area contributed by atoms with Gasteiger partial charge in [0.25, 0.3) is 5.91 Å². The summed E-state index contributed by atoms with van der Waals surface area (Å²) in [6.45, 7) is 0.695. The number of hydrogen-bond acceptors (Lipinski definition) is 3. The van der Waals surface area contributed by atoms with Crippen molar-refractivity contribution < 1.29 is 4.79 Å². The molecule has 0 aliphatic heterocycles. The summed E-state index contributed by atoms with van der Waals surface area (Å²) >= 11 is 13.1. The van der Waals surface area contributed by atoms with E-state index >= 15 is 0 Å². The molecule has 0 unspecified atom stereocenters. The molecule has 0 atom stereocenters. The first-order valence-corrected chi connectivity index (χ1v) is 7.33. The molecule has 0 saturated heterocycles. The fourth-order valence-electron chi connectivity index (χ4n) is 1.52. The van der Waals surface area contributed by atoms with E-state index in [9.17, 15) is 4.79 Å². The van der Waals surface area contributed by atoms with E-state index in [1.807, 2.05) is 11.4 Å². The van der Waals surface area contributed by atoms with Crippen molar-refractivity contribution in [3.63, 3.8) is 0 Å². The number of carbonyl (C=O) groups excluding carboxylic acids is 1. The Hall–Kier alpha value is -1.45. The smallest absolute Gasteiger partial charge is 0.268 e. The minimum atomic E-state index is -0.273. The van der Waals surface area contributed by atoms with Gasteiger partial charge in [0.05, 0.1) is 18.1 Å². The lowest BCUT2D eigenvalue weighted by Gasteiger charge is -2.02. The van der Waals surface area contributed by atoms with Crippen LogP contribution in [0.3, 0.4) is 0 Å². The van der Waals surface area contributed by atoms with Gasteiger partial charge in [-0.15, -0.1) is 11.3 Å². The fraction of sp³-hybridized carbons (Fsp3) is 0.154. The quantitative estimate of drug-likeness (QED) is 0.758. The highest BCUT2D eigenvalue weighted by atomic mass is 35.5. The number of thiophene rings is 1. The van der Waals surface area contributed by atoms with Crippen molar-refractivity contribution in [1.29, 1.82) is 0 Å². The van der Waals surface area contributed by atoms with E-state index in [1.54, 1.807) is 0 Å². The molecule has 0 bridgehead atoms. The van der Waals surface area contributed by atoms with Gasteiger partial charge in [-0.3, -0.25) is 4.79 Å². The van der Waals surface area contributed by atoms with Gasteiger partial charge < -0.3 is 16.0 Å². The minimum Gasteiger partial charge on any atom is -0.346 e. The van der Waals surface area contributed by atoms with Crippen LogP contribution in [0.25, 0.3) is 0 Å². The van der Waals surface area contributed by atoms with Crippen LogP contribution in [-0.4, -0.2) is 17.4 Å². The van der Waals surface area contributed by atoms with Gasteiger partial charge >= 0.3 is 0 Å². The number of nitrogens with one attached hydrogen (secondary N) is 2. The van der Waals surface area contributed by atoms with Crippen LogP contribution >= 0.6 is 34.5 Å². The lowest BCUT2D eigenvalue weighted by atomic mass is 10.2. The van der Waals surface area contributed by atoms with E-state index in [2.05, 4.69) is 22.1 Å². The van der Waals surface area contributed by atoms with Crippen molar-refractivity contribution in [3.05, 3.63) is 43.8 Å². The Balaban J connectivity index is 2.02. The monoisotopic (exact) mass is 327 g/mol. The third-order valence-electron chi connectivity index (χ3n) is 2.45. The molecule has 2 aromatic heterocycles. The highest BCUT2D eigenvalue weighted by molar-refractivity contribution is 7.10. The molecular formula is C13H11Cl2N3OS. The summed E-state index contributed by atoms with van der Waals surface area (Å²) < 4.78 is 0. The first-order chi connectivity index (χ1) is 9.61. The van der Waals surface area contributed by atoms with Gasteiger partial charge in [-0.25, -0.2) is 0 Å². The topological polar surface area (TPSA) is 70.9 Å². The summed E-state index contributed by atoms with van der Waals surface area (Å²) in [7, 11) is 0. The molecule has 0 radical (unpaired) electrons. The summed E-state index contributed by atoms with van der Waals surface area (Å²) in [5, 5.41) is 5.28. The number of carbonyl (C=O) groups is 1. The third-order valence-corrected chi connectivity index (χ3v) is 4.06. The number of aromatic amines is 1. The van der Waals surface area contributed by atoms with Crippen molar-refractivity contribution >= 4 is 40.4 Å². The van der Waals surface area contributed by atoms with E-state index < -0.39 is 0 Å². The second kappa shape index (κ2) is 6.82. The van der Waals surface area contributed by atoms with Gasteiger partial charge in [0.15, 0.2) is 0 Å². The molecule has 0 aliphatic carbocycles. The van der Waals surface area contributed by atoms with Crippen molar-refractivity contribution in [2.45, 2.75) is 6.54 Å². The van der Waals surface area contributed by atoms with Crippen LogP contribution < -0.4 is 11.1 Å². The van der Waals surface area contributed by atoms with Crippen LogP contribution in [0.1, 0.15) is 20.9 Å². The summed E-state index contributed by atoms with van der Waals surface area (Å²) in [6, 6.07) is 3.39. The van der Waals surface area contributed by atoms with Gasteiger partial charge in [0, 0.05) is 10.4 Å². The third kappa shape index (κ3) is 3.56. The Morgan fingerprint density at radius 1 is 1.50 bits per heavy atom.